The molecule has 0 unspecified atom stereocenters. The average Bonchev–Trinajstić information content (AvgIpc) is 2.87. The van der Waals surface area contributed by atoms with Gasteiger partial charge < -0.3 is 14.8 Å². The van der Waals surface area contributed by atoms with Crippen LogP contribution in [0.4, 0.5) is 0 Å². The van der Waals surface area contributed by atoms with E-state index in [4.69, 9.17) is 9.47 Å². The highest BCUT2D eigenvalue weighted by atomic mass is 35.5. The normalized spacial score (nSPS) is 16.4. The highest BCUT2D eigenvalue weighted by molar-refractivity contribution is 5.86. The second-order valence-electron chi connectivity index (χ2n) is 3.62. The van der Waals surface area contributed by atoms with Crippen LogP contribution in [0.15, 0.2) is 23.2 Å². The standard InChI is InChI=1S/C11H12N2O2.ClH/c1-2-9-10(15-7-14-9)5-8(1)6-11-12-3-4-13-11;/h1-2,5H,3-4,6-7H2,(H,12,13);1H. The molecule has 0 atom stereocenters. The zero-order valence-corrected chi connectivity index (χ0v) is 9.55. The Morgan fingerprint density at radius 2 is 2.12 bits per heavy atom. The fraction of sp³-hybridized carbons (Fsp3) is 0.364. The molecule has 1 N–H and O–H groups in total. The molecular formula is C11H13ClN2O2. The third-order valence-corrected chi connectivity index (χ3v) is 2.55. The zero-order chi connectivity index (χ0) is 10.1. The molecule has 16 heavy (non-hydrogen) atoms. The molecule has 0 saturated heterocycles. The molecule has 1 aromatic carbocycles. The van der Waals surface area contributed by atoms with Crippen LogP contribution < -0.4 is 14.8 Å². The Hall–Kier alpha value is -1.42. The second kappa shape index (κ2) is 4.61. The topological polar surface area (TPSA) is 42.9 Å². The van der Waals surface area contributed by atoms with Gasteiger partial charge in [0.15, 0.2) is 11.5 Å². The molecule has 2 aliphatic rings. The molecule has 0 aliphatic carbocycles. The summed E-state index contributed by atoms with van der Waals surface area (Å²) < 4.78 is 10.6. The number of amidine groups is 1. The number of rotatable bonds is 2. The van der Waals surface area contributed by atoms with Gasteiger partial charge in [0.1, 0.15) is 5.84 Å². The summed E-state index contributed by atoms with van der Waals surface area (Å²) >= 11 is 0. The summed E-state index contributed by atoms with van der Waals surface area (Å²) in [5.41, 5.74) is 1.20. The quantitative estimate of drug-likeness (QED) is 0.850. The predicted octanol–water partition coefficient (Wildman–Crippen LogP) is 1.38. The van der Waals surface area contributed by atoms with Crippen LogP contribution in [-0.4, -0.2) is 25.7 Å². The van der Waals surface area contributed by atoms with Crippen LogP contribution in [0.3, 0.4) is 0 Å². The fourth-order valence-corrected chi connectivity index (χ4v) is 1.81. The van der Waals surface area contributed by atoms with Gasteiger partial charge in [-0.2, -0.15) is 0 Å². The van der Waals surface area contributed by atoms with Gasteiger partial charge in [-0.1, -0.05) is 6.07 Å². The third-order valence-electron chi connectivity index (χ3n) is 2.55. The molecule has 4 nitrogen and oxygen atoms in total. The minimum atomic E-state index is 0. The van der Waals surface area contributed by atoms with Crippen LogP contribution >= 0.6 is 12.4 Å². The maximum absolute atomic E-state index is 5.32. The van der Waals surface area contributed by atoms with E-state index in [0.29, 0.717) is 6.79 Å². The molecule has 1 aromatic rings. The molecule has 0 aromatic heterocycles. The van der Waals surface area contributed by atoms with Gasteiger partial charge >= 0.3 is 0 Å². The monoisotopic (exact) mass is 240 g/mol. The number of hydrogen-bond donors (Lipinski definition) is 1. The molecule has 0 fully saturated rings. The maximum atomic E-state index is 5.32. The van der Waals surface area contributed by atoms with Crippen molar-refractivity contribution in [2.75, 3.05) is 19.9 Å². The van der Waals surface area contributed by atoms with Crippen LogP contribution in [-0.2, 0) is 6.42 Å². The molecule has 2 heterocycles. The first-order valence-corrected chi connectivity index (χ1v) is 5.07. The number of nitrogens with one attached hydrogen (secondary N) is 1. The number of hydrogen-bond acceptors (Lipinski definition) is 4. The van der Waals surface area contributed by atoms with Gasteiger partial charge in [0, 0.05) is 13.0 Å². The molecule has 0 radical (unpaired) electrons. The fourth-order valence-electron chi connectivity index (χ4n) is 1.81. The van der Waals surface area contributed by atoms with Crippen molar-refractivity contribution < 1.29 is 9.47 Å². The molecule has 2 aliphatic heterocycles. The van der Waals surface area contributed by atoms with E-state index < -0.39 is 0 Å². The Labute approximate surface area is 100 Å². The summed E-state index contributed by atoms with van der Waals surface area (Å²) in [6.45, 7) is 2.18. The smallest absolute Gasteiger partial charge is 0.231 e. The zero-order valence-electron chi connectivity index (χ0n) is 8.73. The third kappa shape index (κ3) is 2.07. The van der Waals surface area contributed by atoms with Gasteiger partial charge in [-0.3, -0.25) is 4.99 Å². The molecule has 3 rings (SSSR count). The van der Waals surface area contributed by atoms with Crippen molar-refractivity contribution in [3.8, 4) is 11.5 Å². The van der Waals surface area contributed by atoms with E-state index in [1.807, 2.05) is 12.1 Å². The summed E-state index contributed by atoms with van der Waals surface area (Å²) in [4.78, 5) is 4.36. The number of ether oxygens (including phenoxy) is 2. The van der Waals surface area contributed by atoms with Gasteiger partial charge in [-0.25, -0.2) is 0 Å². The summed E-state index contributed by atoms with van der Waals surface area (Å²) in [5.74, 6) is 2.74. The molecular weight excluding hydrogens is 228 g/mol. The van der Waals surface area contributed by atoms with Crippen molar-refractivity contribution in [1.29, 1.82) is 0 Å². The van der Waals surface area contributed by atoms with Gasteiger partial charge in [0.2, 0.25) is 6.79 Å². The van der Waals surface area contributed by atoms with Crippen LogP contribution in [0.1, 0.15) is 5.56 Å². The van der Waals surface area contributed by atoms with E-state index >= 15 is 0 Å². The van der Waals surface area contributed by atoms with E-state index in [9.17, 15) is 0 Å². The lowest BCUT2D eigenvalue weighted by Gasteiger charge is -2.03. The van der Waals surface area contributed by atoms with Gasteiger partial charge in [0.05, 0.1) is 6.54 Å². The Morgan fingerprint density at radius 3 is 2.94 bits per heavy atom. The van der Waals surface area contributed by atoms with E-state index in [1.54, 1.807) is 0 Å². The summed E-state index contributed by atoms with van der Waals surface area (Å²) in [5, 5.41) is 3.25. The Balaban J connectivity index is 0.000000963. The summed E-state index contributed by atoms with van der Waals surface area (Å²) in [6, 6.07) is 6.02. The van der Waals surface area contributed by atoms with Crippen LogP contribution in [0.25, 0.3) is 0 Å². The lowest BCUT2D eigenvalue weighted by Crippen LogP contribution is -2.20. The van der Waals surface area contributed by atoms with Crippen molar-refractivity contribution in [3.05, 3.63) is 23.8 Å². The van der Waals surface area contributed by atoms with Crippen LogP contribution in [0.2, 0.25) is 0 Å². The average molecular weight is 241 g/mol. The summed E-state index contributed by atoms with van der Waals surface area (Å²) in [7, 11) is 0. The van der Waals surface area contributed by atoms with Gasteiger partial charge in [-0.05, 0) is 17.7 Å². The Kier molecular flexibility index (Phi) is 3.19. The van der Waals surface area contributed by atoms with Gasteiger partial charge in [0.25, 0.3) is 0 Å². The highest BCUT2D eigenvalue weighted by Crippen LogP contribution is 2.32. The van der Waals surface area contributed by atoms with Crippen molar-refractivity contribution in [1.82, 2.24) is 5.32 Å². The molecule has 0 saturated carbocycles. The minimum Gasteiger partial charge on any atom is -0.454 e. The van der Waals surface area contributed by atoms with Crippen LogP contribution in [0, 0.1) is 0 Å². The van der Waals surface area contributed by atoms with E-state index in [1.165, 1.54) is 5.56 Å². The Bertz CT molecular complexity index is 420. The van der Waals surface area contributed by atoms with Crippen molar-refractivity contribution in [2.45, 2.75) is 6.42 Å². The van der Waals surface area contributed by atoms with Crippen molar-refractivity contribution >= 4 is 18.2 Å². The first-order valence-electron chi connectivity index (χ1n) is 5.07. The SMILES string of the molecule is Cl.c1cc2c(cc1CC1=NCCN1)OCO2. The van der Waals surface area contributed by atoms with Gasteiger partial charge in [-0.15, -0.1) is 12.4 Å². The molecule has 86 valence electrons. The maximum Gasteiger partial charge on any atom is 0.231 e. The summed E-state index contributed by atoms with van der Waals surface area (Å²) in [6.07, 6.45) is 0.844. The van der Waals surface area contributed by atoms with E-state index in [0.717, 1.165) is 36.8 Å². The number of nitrogens with zero attached hydrogens (tertiary/aromatic N) is 1. The number of halogens is 1. The molecule has 0 amide bonds. The lowest BCUT2D eigenvalue weighted by molar-refractivity contribution is 0.174. The first-order chi connectivity index (χ1) is 7.42. The number of fused-ring (bicyclic) bond motifs is 1. The molecule has 5 heteroatoms. The predicted molar refractivity (Wildman–Crippen MR) is 63.8 cm³/mol. The Morgan fingerprint density at radius 1 is 1.25 bits per heavy atom. The largest absolute Gasteiger partial charge is 0.454 e. The second-order valence-corrected chi connectivity index (χ2v) is 3.62. The van der Waals surface area contributed by atoms with Crippen molar-refractivity contribution in [3.63, 3.8) is 0 Å². The molecule has 0 bridgehead atoms. The highest BCUT2D eigenvalue weighted by Gasteiger charge is 2.14. The number of benzene rings is 1. The van der Waals surface area contributed by atoms with E-state index in [2.05, 4.69) is 16.4 Å². The van der Waals surface area contributed by atoms with E-state index in [-0.39, 0.29) is 12.4 Å². The number of aliphatic imine (C=N–C) groups is 1. The molecule has 0 spiro atoms. The van der Waals surface area contributed by atoms with Crippen LogP contribution in [0.5, 0.6) is 11.5 Å². The lowest BCUT2D eigenvalue weighted by atomic mass is 10.1. The van der Waals surface area contributed by atoms with Crippen molar-refractivity contribution in [2.24, 2.45) is 4.99 Å². The first kappa shape index (κ1) is 11.1. The minimum absolute atomic E-state index is 0.